The van der Waals surface area contributed by atoms with Gasteiger partial charge in [-0.1, -0.05) is 19.1 Å². The summed E-state index contributed by atoms with van der Waals surface area (Å²) in [4.78, 5) is 15.3. The fraction of sp³-hybridized carbons (Fsp3) is 0.480. The van der Waals surface area contributed by atoms with Crippen LogP contribution in [0.3, 0.4) is 0 Å². The molecule has 9 heteroatoms. The molecule has 2 fully saturated rings. The van der Waals surface area contributed by atoms with Crippen LogP contribution in [0.25, 0.3) is 0 Å². The van der Waals surface area contributed by atoms with E-state index in [2.05, 4.69) is 17.1 Å². The summed E-state index contributed by atoms with van der Waals surface area (Å²) < 4.78 is 38.3. The van der Waals surface area contributed by atoms with Crippen LogP contribution in [0.5, 0.6) is 5.75 Å². The molecule has 2 saturated heterocycles. The third kappa shape index (κ3) is 5.78. The zero-order valence-electron chi connectivity index (χ0n) is 19.8. The fourth-order valence-electron chi connectivity index (χ4n) is 4.54. The number of ether oxygens (including phenoxy) is 2. The first-order valence-electron chi connectivity index (χ1n) is 11.8. The number of carbonyl (C=O) groups excluding carboxylic acids is 1. The van der Waals surface area contributed by atoms with Gasteiger partial charge in [-0.15, -0.1) is 0 Å². The van der Waals surface area contributed by atoms with Gasteiger partial charge in [-0.3, -0.25) is 9.69 Å². The van der Waals surface area contributed by atoms with Crippen molar-refractivity contribution in [2.24, 2.45) is 5.92 Å². The number of sulfonamides is 1. The summed E-state index contributed by atoms with van der Waals surface area (Å²) in [6.45, 7) is 6.66. The van der Waals surface area contributed by atoms with E-state index < -0.39 is 10.0 Å². The summed E-state index contributed by atoms with van der Waals surface area (Å²) in [5.41, 5.74) is 2.09. The quantitative estimate of drug-likeness (QED) is 0.645. The molecule has 0 spiro atoms. The minimum absolute atomic E-state index is 0.0285. The minimum Gasteiger partial charge on any atom is -0.495 e. The Labute approximate surface area is 201 Å². The van der Waals surface area contributed by atoms with E-state index >= 15 is 0 Å². The Balaban J connectivity index is 1.46. The van der Waals surface area contributed by atoms with Crippen LogP contribution in [0, 0.1) is 5.92 Å². The highest BCUT2D eigenvalue weighted by Crippen LogP contribution is 2.30. The van der Waals surface area contributed by atoms with Crippen LogP contribution in [0.2, 0.25) is 0 Å². The molecular formula is C25H33N3O5S. The summed E-state index contributed by atoms with van der Waals surface area (Å²) >= 11 is 0. The van der Waals surface area contributed by atoms with Gasteiger partial charge in [-0.05, 0) is 61.2 Å². The molecule has 1 atom stereocenters. The second-order valence-corrected chi connectivity index (χ2v) is 10.9. The number of piperidine rings is 1. The van der Waals surface area contributed by atoms with E-state index in [4.69, 9.17) is 9.47 Å². The maximum atomic E-state index is 13.2. The monoisotopic (exact) mass is 487 g/mol. The van der Waals surface area contributed by atoms with E-state index in [1.807, 2.05) is 24.3 Å². The number of methoxy groups -OCH3 is 1. The lowest BCUT2D eigenvalue weighted by molar-refractivity contribution is 0.0729. The second kappa shape index (κ2) is 10.9. The first-order chi connectivity index (χ1) is 16.4. The van der Waals surface area contributed by atoms with Gasteiger partial charge in [0.15, 0.2) is 0 Å². The molecule has 34 heavy (non-hydrogen) atoms. The lowest BCUT2D eigenvalue weighted by atomic mass is 9.99. The van der Waals surface area contributed by atoms with Gasteiger partial charge >= 0.3 is 0 Å². The predicted molar refractivity (Wildman–Crippen MR) is 131 cm³/mol. The first kappa shape index (κ1) is 24.7. The van der Waals surface area contributed by atoms with Gasteiger partial charge < -0.3 is 14.8 Å². The molecule has 0 bridgehead atoms. The third-order valence-electron chi connectivity index (χ3n) is 6.37. The highest BCUT2D eigenvalue weighted by Gasteiger charge is 2.29. The Bertz CT molecular complexity index is 1100. The summed E-state index contributed by atoms with van der Waals surface area (Å²) in [5.74, 6) is 0.666. The van der Waals surface area contributed by atoms with Crippen LogP contribution in [-0.2, 0) is 21.3 Å². The van der Waals surface area contributed by atoms with Crippen molar-refractivity contribution in [3.05, 3.63) is 53.6 Å². The van der Waals surface area contributed by atoms with Gasteiger partial charge in [0.25, 0.3) is 5.91 Å². The zero-order valence-corrected chi connectivity index (χ0v) is 20.6. The number of anilines is 1. The Kier molecular flexibility index (Phi) is 7.88. The van der Waals surface area contributed by atoms with E-state index in [1.54, 1.807) is 12.1 Å². The fourth-order valence-corrected chi connectivity index (χ4v) is 6.12. The average Bonchev–Trinajstić information content (AvgIpc) is 2.85. The van der Waals surface area contributed by atoms with Crippen LogP contribution in [0.15, 0.2) is 47.4 Å². The van der Waals surface area contributed by atoms with Gasteiger partial charge in [0.2, 0.25) is 10.0 Å². The molecule has 2 aromatic rings. The topological polar surface area (TPSA) is 88.2 Å². The Morgan fingerprint density at radius 1 is 1.12 bits per heavy atom. The molecule has 0 aliphatic carbocycles. The number of hydrogen-bond acceptors (Lipinski definition) is 6. The molecule has 0 radical (unpaired) electrons. The van der Waals surface area contributed by atoms with Crippen LogP contribution in [0.4, 0.5) is 5.69 Å². The lowest BCUT2D eigenvalue weighted by Crippen LogP contribution is -2.40. The molecule has 2 aliphatic heterocycles. The minimum atomic E-state index is -3.78. The number of likely N-dealkylation sites (tertiary alicyclic amines) is 1. The maximum Gasteiger partial charge on any atom is 0.255 e. The second-order valence-electron chi connectivity index (χ2n) is 9.02. The number of nitrogens with zero attached hydrogens (tertiary/aromatic N) is 2. The highest BCUT2D eigenvalue weighted by atomic mass is 32.2. The maximum absolute atomic E-state index is 13.2. The summed E-state index contributed by atoms with van der Waals surface area (Å²) in [5, 5.41) is 2.82. The lowest BCUT2D eigenvalue weighted by Gasteiger charge is -2.30. The van der Waals surface area contributed by atoms with E-state index in [9.17, 15) is 13.2 Å². The average molecular weight is 488 g/mol. The van der Waals surface area contributed by atoms with Gasteiger partial charge in [-0.25, -0.2) is 8.42 Å². The molecule has 2 aromatic carbocycles. The van der Waals surface area contributed by atoms with Crippen molar-refractivity contribution in [2.45, 2.75) is 31.2 Å². The molecule has 4 rings (SSSR count). The predicted octanol–water partition coefficient (Wildman–Crippen LogP) is 3.20. The van der Waals surface area contributed by atoms with Crippen molar-refractivity contribution < 1.29 is 22.7 Å². The van der Waals surface area contributed by atoms with Gasteiger partial charge in [0, 0.05) is 37.4 Å². The molecule has 2 aliphatic rings. The van der Waals surface area contributed by atoms with Gasteiger partial charge in [0.1, 0.15) is 10.6 Å². The van der Waals surface area contributed by atoms with Crippen molar-refractivity contribution in [3.63, 3.8) is 0 Å². The number of carbonyl (C=O) groups is 1. The first-order valence-corrected chi connectivity index (χ1v) is 13.2. The molecule has 0 unspecified atom stereocenters. The van der Waals surface area contributed by atoms with Gasteiger partial charge in [0.05, 0.1) is 20.3 Å². The SMILES string of the molecule is COc1ccc(NC(=O)c2ccc(CN3CCC[C@@H](C)C3)cc2)cc1S(=O)(=O)N1CCOCC1. The van der Waals surface area contributed by atoms with Crippen molar-refractivity contribution in [1.82, 2.24) is 9.21 Å². The van der Waals surface area contributed by atoms with Crippen LogP contribution in [-0.4, -0.2) is 70.0 Å². The Morgan fingerprint density at radius 3 is 2.53 bits per heavy atom. The zero-order chi connectivity index (χ0) is 24.1. The number of nitrogens with one attached hydrogen (secondary N) is 1. The molecule has 2 heterocycles. The molecular weight excluding hydrogens is 454 g/mol. The number of amides is 1. The van der Waals surface area contributed by atoms with Gasteiger partial charge in [-0.2, -0.15) is 4.31 Å². The summed E-state index contributed by atoms with van der Waals surface area (Å²) in [7, 11) is -2.35. The normalized spacial score (nSPS) is 20.1. The van der Waals surface area contributed by atoms with Crippen molar-refractivity contribution >= 4 is 21.6 Å². The van der Waals surface area contributed by atoms with Crippen molar-refractivity contribution in [2.75, 3.05) is 51.8 Å². The van der Waals surface area contributed by atoms with Crippen LogP contribution in [0.1, 0.15) is 35.7 Å². The molecule has 1 N–H and O–H groups in total. The molecule has 184 valence electrons. The van der Waals surface area contributed by atoms with Crippen LogP contribution >= 0.6 is 0 Å². The number of hydrogen-bond donors (Lipinski definition) is 1. The van der Waals surface area contributed by atoms with E-state index in [0.29, 0.717) is 24.5 Å². The molecule has 0 aromatic heterocycles. The third-order valence-corrected chi connectivity index (χ3v) is 8.29. The van der Waals surface area contributed by atoms with E-state index in [0.717, 1.165) is 25.6 Å². The summed E-state index contributed by atoms with van der Waals surface area (Å²) in [6, 6.07) is 12.2. The van der Waals surface area contributed by atoms with Crippen molar-refractivity contribution in [3.8, 4) is 5.75 Å². The number of rotatable bonds is 7. The molecule has 0 saturated carbocycles. The summed E-state index contributed by atoms with van der Waals surface area (Å²) in [6.07, 6.45) is 2.52. The Morgan fingerprint density at radius 2 is 1.85 bits per heavy atom. The number of morpholine rings is 1. The van der Waals surface area contributed by atoms with E-state index in [-0.39, 0.29) is 29.6 Å². The smallest absolute Gasteiger partial charge is 0.255 e. The Hall–Kier alpha value is -2.46. The van der Waals surface area contributed by atoms with Crippen molar-refractivity contribution in [1.29, 1.82) is 0 Å². The molecule has 8 nitrogen and oxygen atoms in total. The number of benzene rings is 2. The van der Waals surface area contributed by atoms with Crippen LogP contribution < -0.4 is 10.1 Å². The highest BCUT2D eigenvalue weighted by molar-refractivity contribution is 7.89. The standard InChI is InChI=1S/C25H33N3O5S/c1-19-4-3-11-27(17-19)18-20-5-7-21(8-6-20)25(29)26-22-9-10-23(32-2)24(16-22)34(30,31)28-12-14-33-15-13-28/h5-10,16,19H,3-4,11-15,17-18H2,1-2H3,(H,26,29)/t19-/m1/s1. The molecule has 1 amide bonds. The van der Waals surface area contributed by atoms with E-state index in [1.165, 1.54) is 35.9 Å². The largest absolute Gasteiger partial charge is 0.495 e.